The maximum absolute atomic E-state index is 14.3. The number of benzene rings is 1. The normalized spacial score (nSPS) is 19.1. The third-order valence-corrected chi connectivity index (χ3v) is 6.30. The van der Waals surface area contributed by atoms with Gasteiger partial charge in [0.2, 0.25) is 0 Å². The van der Waals surface area contributed by atoms with Crippen LogP contribution >= 0.6 is 9.24 Å². The largest absolute Gasteiger partial charge is 0.493 e. The number of hydrogen-bond acceptors (Lipinski definition) is 7. The zero-order valence-electron chi connectivity index (χ0n) is 18.6. The van der Waals surface area contributed by atoms with E-state index in [1.165, 1.54) is 6.07 Å². The van der Waals surface area contributed by atoms with Gasteiger partial charge in [-0.15, -0.1) is 0 Å². The van der Waals surface area contributed by atoms with Gasteiger partial charge in [-0.25, -0.2) is 15.0 Å². The molecule has 34 heavy (non-hydrogen) atoms. The molecule has 2 atom stereocenters. The van der Waals surface area contributed by atoms with Gasteiger partial charge in [0.05, 0.1) is 37.0 Å². The lowest BCUT2D eigenvalue weighted by molar-refractivity contribution is -0.125. The topological polar surface area (TPSA) is 89.5 Å². The first-order valence-electron chi connectivity index (χ1n) is 11.0. The molecule has 11 heteroatoms. The standard InChI is InChI=1S/C23H24F2N5O3P/c1-13-5-7-33-20-14(3-2-4-16(20)23(24,25)34)10-27-22-15-9-18(30-6-8-32-12-19(30)31)26-11-17(15)28-21(13)29-22/h2-4,9,11,13H,5-8,10,12,34H2,1H3,(H,27,28,29). The number of aromatic nitrogens is 3. The third kappa shape index (κ3) is 4.40. The summed E-state index contributed by atoms with van der Waals surface area (Å²) >= 11 is 0. The highest BCUT2D eigenvalue weighted by Gasteiger charge is 2.31. The van der Waals surface area contributed by atoms with Gasteiger partial charge in [-0.1, -0.05) is 28.3 Å². The van der Waals surface area contributed by atoms with Crippen molar-refractivity contribution in [3.63, 3.8) is 0 Å². The highest BCUT2D eigenvalue weighted by molar-refractivity contribution is 7.17. The molecule has 0 saturated carbocycles. The van der Waals surface area contributed by atoms with Crippen LogP contribution in [0.4, 0.5) is 20.4 Å². The van der Waals surface area contributed by atoms with E-state index in [2.05, 4.69) is 15.3 Å². The highest BCUT2D eigenvalue weighted by atomic mass is 31.0. The second kappa shape index (κ2) is 9.00. The van der Waals surface area contributed by atoms with Crippen molar-refractivity contribution in [1.29, 1.82) is 0 Å². The number of para-hydroxylation sites is 1. The maximum Gasteiger partial charge on any atom is 0.287 e. The van der Waals surface area contributed by atoms with Crippen molar-refractivity contribution in [3.8, 4) is 5.75 Å². The molecule has 5 rings (SSSR count). The number of anilines is 2. The number of carbonyl (C=O) groups excluding carboxylic acids is 1. The molecule has 2 unspecified atom stereocenters. The zero-order valence-corrected chi connectivity index (χ0v) is 19.7. The number of rotatable bonds is 2. The van der Waals surface area contributed by atoms with Gasteiger partial charge < -0.3 is 14.8 Å². The van der Waals surface area contributed by atoms with E-state index in [4.69, 9.17) is 14.5 Å². The molecule has 3 aromatic rings. The number of alkyl halides is 2. The van der Waals surface area contributed by atoms with Crippen molar-refractivity contribution in [2.45, 2.75) is 31.5 Å². The molecule has 1 N–H and O–H groups in total. The van der Waals surface area contributed by atoms with Crippen LogP contribution < -0.4 is 15.0 Å². The van der Waals surface area contributed by atoms with E-state index in [0.717, 1.165) is 0 Å². The monoisotopic (exact) mass is 487 g/mol. The molecule has 1 aromatic carbocycles. The molecule has 0 spiro atoms. The van der Waals surface area contributed by atoms with Crippen LogP contribution in [0.25, 0.3) is 10.9 Å². The summed E-state index contributed by atoms with van der Waals surface area (Å²) in [5.41, 5.74) is -2.06. The lowest BCUT2D eigenvalue weighted by atomic mass is 10.1. The number of nitrogens with one attached hydrogen (secondary N) is 1. The maximum atomic E-state index is 14.3. The van der Waals surface area contributed by atoms with Gasteiger partial charge in [-0.3, -0.25) is 9.69 Å². The number of hydrogen-bond donors (Lipinski definition) is 1. The van der Waals surface area contributed by atoms with Gasteiger partial charge >= 0.3 is 0 Å². The van der Waals surface area contributed by atoms with E-state index in [-0.39, 0.29) is 42.9 Å². The number of nitrogens with zero attached hydrogens (tertiary/aromatic N) is 4. The molecule has 1 saturated heterocycles. The molecule has 1 amide bonds. The van der Waals surface area contributed by atoms with E-state index in [9.17, 15) is 13.6 Å². The Labute approximate surface area is 197 Å². The molecule has 2 aliphatic heterocycles. The molecule has 4 heterocycles. The van der Waals surface area contributed by atoms with Gasteiger partial charge in [-0.05, 0) is 18.6 Å². The van der Waals surface area contributed by atoms with E-state index in [1.54, 1.807) is 38.5 Å². The number of fused-ring (bicyclic) bond motifs is 5. The Morgan fingerprint density at radius 3 is 2.91 bits per heavy atom. The first-order chi connectivity index (χ1) is 16.3. The van der Waals surface area contributed by atoms with Gasteiger partial charge in [0.25, 0.3) is 11.6 Å². The second-order valence-corrected chi connectivity index (χ2v) is 9.12. The molecular weight excluding hydrogens is 463 g/mol. The predicted molar refractivity (Wildman–Crippen MR) is 126 cm³/mol. The van der Waals surface area contributed by atoms with E-state index in [1.807, 2.05) is 6.92 Å². The predicted octanol–water partition coefficient (Wildman–Crippen LogP) is 3.81. The minimum atomic E-state index is -3.12. The first-order valence-corrected chi connectivity index (χ1v) is 11.6. The summed E-state index contributed by atoms with van der Waals surface area (Å²) < 4.78 is 39.6. The number of pyridine rings is 1. The fourth-order valence-corrected chi connectivity index (χ4v) is 4.33. The molecule has 178 valence electrons. The van der Waals surface area contributed by atoms with Crippen LogP contribution in [0.3, 0.4) is 0 Å². The van der Waals surface area contributed by atoms with E-state index >= 15 is 0 Å². The molecule has 1 fully saturated rings. The van der Waals surface area contributed by atoms with Crippen molar-refractivity contribution in [3.05, 3.63) is 47.4 Å². The van der Waals surface area contributed by atoms with E-state index < -0.39 is 5.66 Å². The molecule has 2 aromatic heterocycles. The van der Waals surface area contributed by atoms with Gasteiger partial charge in [0.1, 0.15) is 29.8 Å². The van der Waals surface area contributed by atoms with Crippen LogP contribution in [0.5, 0.6) is 5.75 Å². The Bertz CT molecular complexity index is 1250. The van der Waals surface area contributed by atoms with Crippen molar-refractivity contribution in [1.82, 2.24) is 15.0 Å². The lowest BCUT2D eigenvalue weighted by Crippen LogP contribution is -2.42. The quantitative estimate of drug-likeness (QED) is 0.550. The van der Waals surface area contributed by atoms with Crippen LogP contribution in [-0.4, -0.2) is 47.2 Å². The SMILES string of the molecule is CC1CCOc2c(cccc2C(F)(F)P)CNc2nc1nc1cnc(N3CCOCC3=O)cc21. The number of amides is 1. The molecule has 8 nitrogen and oxygen atoms in total. The van der Waals surface area contributed by atoms with Crippen LogP contribution in [0.15, 0.2) is 30.5 Å². The summed E-state index contributed by atoms with van der Waals surface area (Å²) in [7, 11) is 1.58. The van der Waals surface area contributed by atoms with Crippen LogP contribution in [0, 0.1) is 0 Å². The van der Waals surface area contributed by atoms with Crippen molar-refractivity contribution in [2.24, 2.45) is 0 Å². The van der Waals surface area contributed by atoms with Crippen molar-refractivity contribution in [2.75, 3.05) is 36.6 Å². The second-order valence-electron chi connectivity index (χ2n) is 8.40. The minimum absolute atomic E-state index is 0.0112. The van der Waals surface area contributed by atoms with Gasteiger partial charge in [-0.2, -0.15) is 8.78 Å². The molecule has 0 aliphatic carbocycles. The smallest absolute Gasteiger partial charge is 0.287 e. The highest BCUT2D eigenvalue weighted by Crippen LogP contribution is 2.42. The Hall–Kier alpha value is -2.97. The number of morpholine rings is 1. The summed E-state index contributed by atoms with van der Waals surface area (Å²) in [5, 5.41) is 3.97. The fourth-order valence-electron chi connectivity index (χ4n) is 4.10. The summed E-state index contributed by atoms with van der Waals surface area (Å²) in [6.07, 6.45) is 2.18. The molecular formula is C23H24F2N5O3P. The number of ether oxygens (including phenoxy) is 2. The molecule has 2 bridgehead atoms. The van der Waals surface area contributed by atoms with Crippen LogP contribution in [0.1, 0.15) is 36.2 Å². The zero-order chi connectivity index (χ0) is 23.9. The Morgan fingerprint density at radius 2 is 2.12 bits per heavy atom. The van der Waals surface area contributed by atoms with E-state index in [0.29, 0.717) is 53.5 Å². The Morgan fingerprint density at radius 1 is 1.26 bits per heavy atom. The van der Waals surface area contributed by atoms with Gasteiger partial charge in [0.15, 0.2) is 0 Å². The molecule has 0 radical (unpaired) electrons. The average Bonchev–Trinajstić information content (AvgIpc) is 2.83. The van der Waals surface area contributed by atoms with Gasteiger partial charge in [0, 0.05) is 23.4 Å². The lowest BCUT2D eigenvalue weighted by Gasteiger charge is -2.26. The molecule has 2 aliphatic rings. The van der Waals surface area contributed by atoms with Crippen molar-refractivity contribution >= 4 is 37.7 Å². The Kier molecular flexibility index (Phi) is 6.04. The summed E-state index contributed by atoms with van der Waals surface area (Å²) in [6.45, 7) is 3.29. The van der Waals surface area contributed by atoms with Crippen molar-refractivity contribution < 1.29 is 23.0 Å². The average molecular weight is 487 g/mol. The van der Waals surface area contributed by atoms with Crippen LogP contribution in [0.2, 0.25) is 0 Å². The summed E-state index contributed by atoms with van der Waals surface area (Å²) in [4.78, 5) is 27.8. The Balaban J connectivity index is 1.58. The third-order valence-electron chi connectivity index (χ3n) is 5.99. The first kappa shape index (κ1) is 22.8. The fraction of sp³-hybridized carbons (Fsp3) is 0.391. The minimum Gasteiger partial charge on any atom is -0.493 e. The summed E-state index contributed by atoms with van der Waals surface area (Å²) in [6, 6.07) is 6.50. The summed E-state index contributed by atoms with van der Waals surface area (Å²) in [5.74, 6) is 1.59. The number of carbonyl (C=O) groups is 1. The van der Waals surface area contributed by atoms with Crippen LogP contribution in [-0.2, 0) is 21.7 Å². The number of halogens is 2.